The summed E-state index contributed by atoms with van der Waals surface area (Å²) in [6.45, 7) is 5.36. The van der Waals surface area contributed by atoms with Gasteiger partial charge in [-0.1, -0.05) is 0 Å². The standard InChI is InChI=1S/C11H18N4O2/c12-1-4-14-7-8-17-10(9-14)11(16)15-5-2-13-3-6-15/h10,13H,2-9H2. The minimum atomic E-state index is -0.393. The molecule has 0 bridgehead atoms. The van der Waals surface area contributed by atoms with Gasteiger partial charge in [0.15, 0.2) is 0 Å². The summed E-state index contributed by atoms with van der Waals surface area (Å²) in [6, 6.07) is 2.11. The number of carbonyl (C=O) groups is 1. The quantitative estimate of drug-likeness (QED) is 0.602. The number of morpholine rings is 1. The van der Waals surface area contributed by atoms with E-state index in [0.29, 0.717) is 19.7 Å². The monoisotopic (exact) mass is 238 g/mol. The largest absolute Gasteiger partial charge is 0.366 e. The lowest BCUT2D eigenvalue weighted by molar-refractivity contribution is -0.149. The van der Waals surface area contributed by atoms with E-state index >= 15 is 0 Å². The lowest BCUT2D eigenvalue weighted by Gasteiger charge is -2.35. The number of piperazine rings is 1. The second-order valence-electron chi connectivity index (χ2n) is 4.33. The molecule has 1 unspecified atom stereocenters. The van der Waals surface area contributed by atoms with Gasteiger partial charge in [-0.2, -0.15) is 5.26 Å². The summed E-state index contributed by atoms with van der Waals surface area (Å²) < 4.78 is 5.51. The molecule has 0 saturated carbocycles. The Labute approximate surface area is 101 Å². The number of rotatable bonds is 2. The zero-order chi connectivity index (χ0) is 12.1. The Morgan fingerprint density at radius 3 is 2.88 bits per heavy atom. The van der Waals surface area contributed by atoms with Crippen LogP contribution >= 0.6 is 0 Å². The fraction of sp³-hybridized carbons (Fsp3) is 0.818. The van der Waals surface area contributed by atoms with Crippen molar-refractivity contribution in [3.63, 3.8) is 0 Å². The summed E-state index contributed by atoms with van der Waals surface area (Å²) in [7, 11) is 0. The number of nitrogens with zero attached hydrogens (tertiary/aromatic N) is 3. The van der Waals surface area contributed by atoms with Crippen LogP contribution in [0.25, 0.3) is 0 Å². The molecule has 0 aliphatic carbocycles. The van der Waals surface area contributed by atoms with E-state index in [0.717, 1.165) is 32.7 Å². The molecular formula is C11H18N4O2. The van der Waals surface area contributed by atoms with Gasteiger partial charge in [0, 0.05) is 39.3 Å². The first kappa shape index (κ1) is 12.3. The van der Waals surface area contributed by atoms with E-state index in [1.54, 1.807) is 0 Å². The van der Waals surface area contributed by atoms with Crippen molar-refractivity contribution in [2.75, 3.05) is 52.4 Å². The first-order valence-corrected chi connectivity index (χ1v) is 6.01. The molecule has 0 aromatic carbocycles. The summed E-state index contributed by atoms with van der Waals surface area (Å²) in [4.78, 5) is 16.0. The van der Waals surface area contributed by atoms with Gasteiger partial charge in [-0.15, -0.1) is 0 Å². The normalized spacial score (nSPS) is 26.5. The molecule has 1 amide bonds. The topological polar surface area (TPSA) is 68.6 Å². The van der Waals surface area contributed by atoms with Gasteiger partial charge in [-0.3, -0.25) is 9.69 Å². The number of nitriles is 1. The van der Waals surface area contributed by atoms with E-state index < -0.39 is 6.10 Å². The van der Waals surface area contributed by atoms with Crippen LogP contribution in [0.3, 0.4) is 0 Å². The van der Waals surface area contributed by atoms with Crippen molar-refractivity contribution in [2.45, 2.75) is 6.10 Å². The molecule has 6 heteroatoms. The molecule has 2 aliphatic heterocycles. The van der Waals surface area contributed by atoms with Crippen molar-refractivity contribution in [3.8, 4) is 6.07 Å². The molecule has 0 spiro atoms. The first-order valence-electron chi connectivity index (χ1n) is 6.01. The Bertz CT molecular complexity index is 309. The Balaban J connectivity index is 1.87. The van der Waals surface area contributed by atoms with Crippen LogP contribution in [-0.4, -0.2) is 74.2 Å². The molecule has 0 aromatic heterocycles. The highest BCUT2D eigenvalue weighted by molar-refractivity contribution is 5.81. The van der Waals surface area contributed by atoms with Crippen LogP contribution in [0.15, 0.2) is 0 Å². The molecule has 2 heterocycles. The summed E-state index contributed by atoms with van der Waals surface area (Å²) in [5, 5.41) is 11.9. The minimum Gasteiger partial charge on any atom is -0.366 e. The number of carbonyl (C=O) groups excluding carboxylic acids is 1. The molecule has 0 radical (unpaired) electrons. The van der Waals surface area contributed by atoms with Gasteiger partial charge >= 0.3 is 0 Å². The number of nitrogens with one attached hydrogen (secondary N) is 1. The van der Waals surface area contributed by atoms with E-state index in [1.807, 2.05) is 9.80 Å². The number of hydrogen-bond acceptors (Lipinski definition) is 5. The average Bonchev–Trinajstić information content (AvgIpc) is 2.40. The number of amides is 1. The van der Waals surface area contributed by atoms with Crippen LogP contribution in [0, 0.1) is 11.3 Å². The van der Waals surface area contributed by atoms with Crippen molar-refractivity contribution in [1.82, 2.24) is 15.1 Å². The van der Waals surface area contributed by atoms with E-state index in [1.165, 1.54) is 0 Å². The summed E-state index contributed by atoms with van der Waals surface area (Å²) in [6.07, 6.45) is -0.393. The lowest BCUT2D eigenvalue weighted by Crippen LogP contribution is -2.55. The second kappa shape index (κ2) is 5.96. The Morgan fingerprint density at radius 1 is 1.41 bits per heavy atom. The molecule has 6 nitrogen and oxygen atoms in total. The second-order valence-corrected chi connectivity index (χ2v) is 4.33. The van der Waals surface area contributed by atoms with Crippen molar-refractivity contribution >= 4 is 5.91 Å². The van der Waals surface area contributed by atoms with Gasteiger partial charge in [-0.05, 0) is 0 Å². The maximum absolute atomic E-state index is 12.2. The molecule has 1 atom stereocenters. The van der Waals surface area contributed by atoms with Gasteiger partial charge < -0.3 is 15.0 Å². The third-order valence-electron chi connectivity index (χ3n) is 3.15. The Kier molecular flexibility index (Phi) is 4.31. The molecule has 17 heavy (non-hydrogen) atoms. The van der Waals surface area contributed by atoms with Crippen LogP contribution in [0.4, 0.5) is 0 Å². The Hall–Kier alpha value is -1.16. The highest BCUT2D eigenvalue weighted by atomic mass is 16.5. The molecule has 2 rings (SSSR count). The van der Waals surface area contributed by atoms with Gasteiger partial charge in [0.25, 0.3) is 5.91 Å². The molecule has 94 valence electrons. The third kappa shape index (κ3) is 3.16. The molecule has 0 aromatic rings. The van der Waals surface area contributed by atoms with Crippen LogP contribution in [0.5, 0.6) is 0 Å². The zero-order valence-corrected chi connectivity index (χ0v) is 9.89. The Morgan fingerprint density at radius 2 is 2.18 bits per heavy atom. The minimum absolute atomic E-state index is 0.0640. The third-order valence-corrected chi connectivity index (χ3v) is 3.15. The van der Waals surface area contributed by atoms with Crippen molar-refractivity contribution < 1.29 is 9.53 Å². The summed E-state index contributed by atoms with van der Waals surface area (Å²) in [5.74, 6) is 0.0640. The van der Waals surface area contributed by atoms with Crippen LogP contribution < -0.4 is 5.32 Å². The maximum atomic E-state index is 12.2. The summed E-state index contributed by atoms with van der Waals surface area (Å²) >= 11 is 0. The van der Waals surface area contributed by atoms with E-state index in [2.05, 4.69) is 11.4 Å². The molecule has 2 saturated heterocycles. The SMILES string of the molecule is N#CCN1CCOC(C(=O)N2CCNCC2)C1. The van der Waals surface area contributed by atoms with Gasteiger partial charge in [0.05, 0.1) is 19.2 Å². The van der Waals surface area contributed by atoms with E-state index in [9.17, 15) is 4.79 Å². The molecular weight excluding hydrogens is 220 g/mol. The van der Waals surface area contributed by atoms with Crippen molar-refractivity contribution in [2.24, 2.45) is 0 Å². The molecule has 2 fully saturated rings. The smallest absolute Gasteiger partial charge is 0.253 e. The maximum Gasteiger partial charge on any atom is 0.253 e. The number of ether oxygens (including phenoxy) is 1. The fourth-order valence-electron chi connectivity index (χ4n) is 2.18. The lowest BCUT2D eigenvalue weighted by atomic mass is 10.2. The van der Waals surface area contributed by atoms with Gasteiger partial charge in [0.1, 0.15) is 6.10 Å². The highest BCUT2D eigenvalue weighted by Crippen LogP contribution is 2.08. The zero-order valence-electron chi connectivity index (χ0n) is 9.89. The highest BCUT2D eigenvalue weighted by Gasteiger charge is 2.30. The van der Waals surface area contributed by atoms with Crippen LogP contribution in [0.2, 0.25) is 0 Å². The predicted molar refractivity (Wildman–Crippen MR) is 61.2 cm³/mol. The van der Waals surface area contributed by atoms with E-state index in [-0.39, 0.29) is 5.91 Å². The van der Waals surface area contributed by atoms with Crippen LogP contribution in [0.1, 0.15) is 0 Å². The fourth-order valence-corrected chi connectivity index (χ4v) is 2.18. The van der Waals surface area contributed by atoms with Gasteiger partial charge in [-0.25, -0.2) is 0 Å². The van der Waals surface area contributed by atoms with Gasteiger partial charge in [0.2, 0.25) is 0 Å². The van der Waals surface area contributed by atoms with Crippen LogP contribution in [-0.2, 0) is 9.53 Å². The van der Waals surface area contributed by atoms with Crippen molar-refractivity contribution in [3.05, 3.63) is 0 Å². The molecule has 2 aliphatic rings. The first-order chi connectivity index (χ1) is 8.31. The average molecular weight is 238 g/mol. The summed E-state index contributed by atoms with van der Waals surface area (Å²) in [5.41, 5.74) is 0. The predicted octanol–water partition coefficient (Wildman–Crippen LogP) is -1.36. The van der Waals surface area contributed by atoms with E-state index in [4.69, 9.17) is 10.00 Å². The van der Waals surface area contributed by atoms with Crippen molar-refractivity contribution in [1.29, 1.82) is 5.26 Å². The molecule has 1 N–H and O–H groups in total. The number of hydrogen-bond donors (Lipinski definition) is 1.